The van der Waals surface area contributed by atoms with Gasteiger partial charge in [-0.25, -0.2) is 0 Å². The predicted octanol–water partition coefficient (Wildman–Crippen LogP) is 1.70. The summed E-state index contributed by atoms with van der Waals surface area (Å²) in [6.07, 6.45) is 6.93. The number of morpholine rings is 1. The normalized spacial score (nSPS) is 27.6. The standard InChI is InChI=1S/C17H34N4O/c1-15-4-3-5-16(14-15)6-7-19-17(18-2)20-8-9-21-10-12-22-13-11-21/h15-16H,3-14H2,1-2H3,(H2,18,19,20). The van der Waals surface area contributed by atoms with Crippen molar-refractivity contribution in [2.24, 2.45) is 16.8 Å². The van der Waals surface area contributed by atoms with Gasteiger partial charge in [0.15, 0.2) is 5.96 Å². The van der Waals surface area contributed by atoms with Crippen molar-refractivity contribution in [3.63, 3.8) is 0 Å². The molecule has 2 N–H and O–H groups in total. The Bertz CT molecular complexity index is 329. The fourth-order valence-electron chi connectivity index (χ4n) is 3.59. The van der Waals surface area contributed by atoms with E-state index >= 15 is 0 Å². The van der Waals surface area contributed by atoms with Gasteiger partial charge < -0.3 is 15.4 Å². The zero-order valence-corrected chi connectivity index (χ0v) is 14.4. The van der Waals surface area contributed by atoms with E-state index in [2.05, 4.69) is 27.4 Å². The van der Waals surface area contributed by atoms with Crippen LogP contribution in [0, 0.1) is 11.8 Å². The molecule has 0 spiro atoms. The van der Waals surface area contributed by atoms with Gasteiger partial charge in [0, 0.05) is 39.8 Å². The number of nitrogens with zero attached hydrogens (tertiary/aromatic N) is 2. The molecule has 1 aliphatic heterocycles. The van der Waals surface area contributed by atoms with Gasteiger partial charge in [-0.15, -0.1) is 0 Å². The summed E-state index contributed by atoms with van der Waals surface area (Å²) in [7, 11) is 1.85. The highest BCUT2D eigenvalue weighted by molar-refractivity contribution is 5.79. The Labute approximate surface area is 135 Å². The number of hydrogen-bond donors (Lipinski definition) is 2. The van der Waals surface area contributed by atoms with Crippen LogP contribution in [0.25, 0.3) is 0 Å². The molecule has 1 saturated carbocycles. The van der Waals surface area contributed by atoms with Gasteiger partial charge in [-0.2, -0.15) is 0 Å². The minimum Gasteiger partial charge on any atom is -0.379 e. The zero-order valence-electron chi connectivity index (χ0n) is 14.4. The first-order valence-corrected chi connectivity index (χ1v) is 9.02. The van der Waals surface area contributed by atoms with Crippen LogP contribution in [0.3, 0.4) is 0 Å². The lowest BCUT2D eigenvalue weighted by Crippen LogP contribution is -2.44. The van der Waals surface area contributed by atoms with Crippen LogP contribution in [0.4, 0.5) is 0 Å². The number of guanidine groups is 1. The maximum Gasteiger partial charge on any atom is 0.191 e. The van der Waals surface area contributed by atoms with Crippen LogP contribution in [-0.4, -0.2) is 63.8 Å². The molecule has 0 aromatic rings. The molecule has 2 aliphatic rings. The predicted molar refractivity (Wildman–Crippen MR) is 92.4 cm³/mol. The van der Waals surface area contributed by atoms with E-state index < -0.39 is 0 Å². The molecule has 0 radical (unpaired) electrons. The van der Waals surface area contributed by atoms with Gasteiger partial charge in [-0.1, -0.05) is 26.2 Å². The lowest BCUT2D eigenvalue weighted by molar-refractivity contribution is 0.0389. The topological polar surface area (TPSA) is 48.9 Å². The van der Waals surface area contributed by atoms with E-state index in [9.17, 15) is 0 Å². The van der Waals surface area contributed by atoms with Crippen molar-refractivity contribution < 1.29 is 4.74 Å². The number of ether oxygens (including phenoxy) is 1. The van der Waals surface area contributed by atoms with E-state index in [0.717, 1.165) is 63.7 Å². The van der Waals surface area contributed by atoms with Crippen LogP contribution >= 0.6 is 0 Å². The summed E-state index contributed by atoms with van der Waals surface area (Å²) in [5.41, 5.74) is 0. The molecule has 0 aromatic carbocycles. The molecule has 0 bridgehead atoms. The SMILES string of the molecule is CN=C(NCCC1CCCC(C)C1)NCCN1CCOCC1. The average molecular weight is 310 g/mol. The Morgan fingerprint density at radius 3 is 2.68 bits per heavy atom. The summed E-state index contributed by atoms with van der Waals surface area (Å²) in [6, 6.07) is 0. The molecule has 2 unspecified atom stereocenters. The van der Waals surface area contributed by atoms with Crippen molar-refractivity contribution in [2.45, 2.75) is 39.0 Å². The molecule has 2 atom stereocenters. The van der Waals surface area contributed by atoms with Crippen LogP contribution in [0.2, 0.25) is 0 Å². The van der Waals surface area contributed by atoms with Crippen LogP contribution in [0.15, 0.2) is 4.99 Å². The summed E-state index contributed by atoms with van der Waals surface area (Å²) < 4.78 is 5.37. The lowest BCUT2D eigenvalue weighted by atomic mass is 9.81. The zero-order chi connectivity index (χ0) is 15.6. The molecule has 5 nitrogen and oxygen atoms in total. The highest BCUT2D eigenvalue weighted by Gasteiger charge is 2.18. The second-order valence-electron chi connectivity index (χ2n) is 6.81. The fourth-order valence-corrected chi connectivity index (χ4v) is 3.59. The Kier molecular flexibility index (Phi) is 8.02. The van der Waals surface area contributed by atoms with Gasteiger partial charge in [0.2, 0.25) is 0 Å². The summed E-state index contributed by atoms with van der Waals surface area (Å²) in [5, 5.41) is 6.88. The molecule has 2 fully saturated rings. The largest absolute Gasteiger partial charge is 0.379 e. The number of rotatable bonds is 6. The second kappa shape index (κ2) is 10.1. The van der Waals surface area contributed by atoms with Crippen molar-refractivity contribution in [1.29, 1.82) is 0 Å². The number of nitrogens with one attached hydrogen (secondary N) is 2. The molecule has 1 aliphatic carbocycles. The van der Waals surface area contributed by atoms with E-state index in [-0.39, 0.29) is 0 Å². The van der Waals surface area contributed by atoms with Crippen molar-refractivity contribution >= 4 is 5.96 Å². The Morgan fingerprint density at radius 1 is 1.18 bits per heavy atom. The maximum atomic E-state index is 5.37. The fraction of sp³-hybridized carbons (Fsp3) is 0.941. The first kappa shape index (κ1) is 17.5. The Morgan fingerprint density at radius 2 is 1.95 bits per heavy atom. The monoisotopic (exact) mass is 310 g/mol. The first-order chi connectivity index (χ1) is 10.8. The smallest absolute Gasteiger partial charge is 0.191 e. The summed E-state index contributed by atoms with van der Waals surface area (Å²) in [5.74, 6) is 2.77. The van der Waals surface area contributed by atoms with Gasteiger partial charge in [0.05, 0.1) is 13.2 Å². The molecule has 2 rings (SSSR count). The van der Waals surface area contributed by atoms with Crippen molar-refractivity contribution in [1.82, 2.24) is 15.5 Å². The molecular formula is C17H34N4O. The summed E-state index contributed by atoms with van der Waals surface area (Å²) in [4.78, 5) is 6.76. The third-order valence-electron chi connectivity index (χ3n) is 4.94. The van der Waals surface area contributed by atoms with E-state index in [1.54, 1.807) is 0 Å². The van der Waals surface area contributed by atoms with Crippen LogP contribution < -0.4 is 10.6 Å². The third-order valence-corrected chi connectivity index (χ3v) is 4.94. The summed E-state index contributed by atoms with van der Waals surface area (Å²) >= 11 is 0. The first-order valence-electron chi connectivity index (χ1n) is 9.02. The molecular weight excluding hydrogens is 276 g/mol. The van der Waals surface area contributed by atoms with Crippen LogP contribution in [0.5, 0.6) is 0 Å². The van der Waals surface area contributed by atoms with E-state index in [1.807, 2.05) is 7.05 Å². The molecule has 22 heavy (non-hydrogen) atoms. The van der Waals surface area contributed by atoms with Crippen molar-refractivity contribution in [3.8, 4) is 0 Å². The van der Waals surface area contributed by atoms with Gasteiger partial charge >= 0.3 is 0 Å². The van der Waals surface area contributed by atoms with Crippen molar-refractivity contribution in [2.75, 3.05) is 53.0 Å². The summed E-state index contributed by atoms with van der Waals surface area (Å²) in [6.45, 7) is 9.27. The maximum absolute atomic E-state index is 5.37. The van der Waals surface area contributed by atoms with Crippen LogP contribution in [-0.2, 0) is 4.74 Å². The average Bonchev–Trinajstić information content (AvgIpc) is 2.54. The van der Waals surface area contributed by atoms with Gasteiger partial charge in [0.1, 0.15) is 0 Å². The minimum atomic E-state index is 0.868. The Hall–Kier alpha value is -0.810. The van der Waals surface area contributed by atoms with Crippen LogP contribution in [0.1, 0.15) is 39.0 Å². The lowest BCUT2D eigenvalue weighted by Gasteiger charge is -2.27. The highest BCUT2D eigenvalue weighted by atomic mass is 16.5. The quantitative estimate of drug-likeness (QED) is 0.579. The Balaban J connectivity index is 1.54. The molecule has 0 aromatic heterocycles. The van der Waals surface area contributed by atoms with E-state index in [4.69, 9.17) is 4.74 Å². The van der Waals surface area contributed by atoms with Gasteiger partial charge in [0.25, 0.3) is 0 Å². The number of aliphatic imine (C=N–C) groups is 1. The molecule has 128 valence electrons. The van der Waals surface area contributed by atoms with Gasteiger partial charge in [-0.05, 0) is 24.7 Å². The highest BCUT2D eigenvalue weighted by Crippen LogP contribution is 2.30. The van der Waals surface area contributed by atoms with E-state index in [1.165, 1.54) is 32.1 Å². The van der Waals surface area contributed by atoms with Crippen molar-refractivity contribution in [3.05, 3.63) is 0 Å². The molecule has 5 heteroatoms. The number of hydrogen-bond acceptors (Lipinski definition) is 3. The van der Waals surface area contributed by atoms with E-state index in [0.29, 0.717) is 0 Å². The van der Waals surface area contributed by atoms with Gasteiger partial charge in [-0.3, -0.25) is 9.89 Å². The second-order valence-corrected chi connectivity index (χ2v) is 6.81. The minimum absolute atomic E-state index is 0.868. The molecule has 1 heterocycles. The molecule has 1 saturated heterocycles. The third kappa shape index (κ3) is 6.53. The molecule has 0 amide bonds.